The van der Waals surface area contributed by atoms with E-state index in [9.17, 15) is 4.79 Å². The van der Waals surface area contributed by atoms with Gasteiger partial charge >= 0.3 is 5.97 Å². The first-order valence-electron chi connectivity index (χ1n) is 13.4. The van der Waals surface area contributed by atoms with Gasteiger partial charge in [0.1, 0.15) is 23.0 Å². The summed E-state index contributed by atoms with van der Waals surface area (Å²) in [5.74, 6) is 3.62. The van der Waals surface area contributed by atoms with Crippen molar-refractivity contribution in [3.05, 3.63) is 131 Å². The van der Waals surface area contributed by atoms with Crippen molar-refractivity contribution in [1.29, 1.82) is 0 Å². The van der Waals surface area contributed by atoms with Crippen LogP contribution >= 0.6 is 11.6 Å². The molecule has 0 aliphatic carbocycles. The van der Waals surface area contributed by atoms with E-state index in [4.69, 9.17) is 35.7 Å². The lowest BCUT2D eigenvalue weighted by atomic mass is 10.0. The van der Waals surface area contributed by atoms with Crippen molar-refractivity contribution in [2.45, 2.75) is 26.7 Å². The summed E-state index contributed by atoms with van der Waals surface area (Å²) in [6, 6.07) is 33.2. The van der Waals surface area contributed by atoms with Gasteiger partial charge in [0.2, 0.25) is 0 Å². The van der Waals surface area contributed by atoms with E-state index in [0.717, 1.165) is 22.4 Å². The van der Waals surface area contributed by atoms with Crippen LogP contribution in [-0.4, -0.2) is 11.1 Å². The van der Waals surface area contributed by atoms with Gasteiger partial charge in [0.25, 0.3) is 0 Å². The zero-order valence-electron chi connectivity index (χ0n) is 23.2. The Kier molecular flexibility index (Phi) is 8.95. The molecule has 7 heteroatoms. The quantitative estimate of drug-likeness (QED) is 0.167. The molecule has 6 nitrogen and oxygen atoms in total. The maximum Gasteiger partial charge on any atom is 0.303 e. The van der Waals surface area contributed by atoms with Crippen LogP contribution in [-0.2, 0) is 11.2 Å². The highest BCUT2D eigenvalue weighted by Gasteiger charge is 2.14. The first-order chi connectivity index (χ1) is 20.3. The molecule has 0 fully saturated rings. The third kappa shape index (κ3) is 7.42. The lowest BCUT2D eigenvalue weighted by molar-refractivity contribution is -0.136. The van der Waals surface area contributed by atoms with E-state index in [2.05, 4.69) is 0 Å². The highest BCUT2D eigenvalue weighted by atomic mass is 35.5. The number of carboxylic acid groups (broad SMARTS) is 1. The Hall–Kier alpha value is -4.94. The Morgan fingerprint density at radius 2 is 1.21 bits per heavy atom. The van der Waals surface area contributed by atoms with Gasteiger partial charge in [0.15, 0.2) is 23.0 Å². The minimum absolute atomic E-state index is 0.0855. The molecule has 0 heterocycles. The minimum Gasteiger partial charge on any atom is -0.481 e. The molecule has 0 unspecified atom stereocenters. The fraction of sp³-hybridized carbons (Fsp3) is 0.114. The van der Waals surface area contributed by atoms with Crippen LogP contribution in [0.2, 0.25) is 5.02 Å². The number of carboxylic acids is 1. The van der Waals surface area contributed by atoms with Gasteiger partial charge in [0, 0.05) is 23.6 Å². The van der Waals surface area contributed by atoms with Crippen LogP contribution in [0.15, 0.2) is 109 Å². The maximum absolute atomic E-state index is 10.9. The van der Waals surface area contributed by atoms with Crippen LogP contribution in [0, 0.1) is 13.8 Å². The highest BCUT2D eigenvalue weighted by molar-refractivity contribution is 6.30. The van der Waals surface area contributed by atoms with Gasteiger partial charge in [-0.15, -0.1) is 0 Å². The molecule has 0 aromatic heterocycles. The Labute approximate surface area is 249 Å². The van der Waals surface area contributed by atoms with Crippen LogP contribution in [0.3, 0.4) is 0 Å². The SMILES string of the molecule is Cc1cc(Oc2cccc(Oc3ccc(Cl)cc3Oc3ccccc3Oc3ccccc3C)c2)ccc1CCC(=O)O. The Morgan fingerprint density at radius 1 is 0.595 bits per heavy atom. The smallest absolute Gasteiger partial charge is 0.303 e. The topological polar surface area (TPSA) is 74.2 Å². The normalized spacial score (nSPS) is 10.6. The zero-order valence-corrected chi connectivity index (χ0v) is 23.9. The largest absolute Gasteiger partial charge is 0.481 e. The number of carbonyl (C=O) groups is 1. The Morgan fingerprint density at radius 3 is 1.90 bits per heavy atom. The lowest BCUT2D eigenvalue weighted by Crippen LogP contribution is -1.99. The van der Waals surface area contributed by atoms with Crippen molar-refractivity contribution in [1.82, 2.24) is 0 Å². The molecule has 42 heavy (non-hydrogen) atoms. The molecule has 0 spiro atoms. The highest BCUT2D eigenvalue weighted by Crippen LogP contribution is 2.41. The predicted octanol–water partition coefficient (Wildman–Crippen LogP) is 10.1. The summed E-state index contributed by atoms with van der Waals surface area (Å²) in [6.07, 6.45) is 0.556. The lowest BCUT2D eigenvalue weighted by Gasteiger charge is -2.16. The number of benzene rings is 5. The van der Waals surface area contributed by atoms with E-state index in [1.807, 2.05) is 98.8 Å². The van der Waals surface area contributed by atoms with Crippen molar-refractivity contribution >= 4 is 17.6 Å². The van der Waals surface area contributed by atoms with Crippen molar-refractivity contribution in [3.8, 4) is 46.0 Å². The number of aliphatic carboxylic acids is 1. The number of hydrogen-bond acceptors (Lipinski definition) is 5. The van der Waals surface area contributed by atoms with Crippen LogP contribution < -0.4 is 18.9 Å². The molecule has 0 aliphatic rings. The van der Waals surface area contributed by atoms with Crippen LogP contribution in [0.1, 0.15) is 23.1 Å². The van der Waals surface area contributed by atoms with Gasteiger partial charge in [-0.2, -0.15) is 0 Å². The fourth-order valence-electron chi connectivity index (χ4n) is 4.29. The maximum atomic E-state index is 10.9. The number of aryl methyl sites for hydroxylation is 3. The number of rotatable bonds is 11. The first-order valence-corrected chi connectivity index (χ1v) is 13.8. The number of hydrogen-bond donors (Lipinski definition) is 1. The third-order valence-electron chi connectivity index (χ3n) is 6.48. The minimum atomic E-state index is -0.819. The molecule has 1 N–H and O–H groups in total. The average Bonchev–Trinajstić information content (AvgIpc) is 2.96. The number of halogens is 1. The van der Waals surface area contributed by atoms with Gasteiger partial charge < -0.3 is 24.1 Å². The molecule has 0 radical (unpaired) electrons. The molecule has 0 bridgehead atoms. The van der Waals surface area contributed by atoms with Crippen LogP contribution in [0.4, 0.5) is 0 Å². The second-order valence-corrected chi connectivity index (χ2v) is 10.1. The van der Waals surface area contributed by atoms with Crippen molar-refractivity contribution < 1.29 is 28.8 Å². The van der Waals surface area contributed by atoms with Gasteiger partial charge in [-0.05, 0) is 91.6 Å². The molecule has 0 aliphatic heterocycles. The number of ether oxygens (including phenoxy) is 4. The zero-order chi connectivity index (χ0) is 29.5. The summed E-state index contributed by atoms with van der Waals surface area (Å²) in [6.45, 7) is 3.92. The standard InChI is InChI=1S/C35H29ClO6/c1-23-8-3-4-11-30(23)41-31-12-5-6-13-32(31)42-34-21-26(36)16-18-33(34)40-28-10-7-9-27(22-28)39-29-17-14-25(24(2)20-29)15-19-35(37)38/h3-14,16-18,20-22H,15,19H2,1-2H3,(H,37,38). The number of para-hydroxylation sites is 3. The average molecular weight is 581 g/mol. The summed E-state index contributed by atoms with van der Waals surface area (Å²) >= 11 is 6.34. The first kappa shape index (κ1) is 28.6. The summed E-state index contributed by atoms with van der Waals surface area (Å²) in [5, 5.41) is 9.46. The molecule has 0 atom stereocenters. The van der Waals surface area contributed by atoms with Gasteiger partial charge in [-0.25, -0.2) is 0 Å². The van der Waals surface area contributed by atoms with E-state index in [1.54, 1.807) is 24.3 Å². The molecule has 0 saturated carbocycles. The third-order valence-corrected chi connectivity index (χ3v) is 6.71. The Bertz CT molecular complexity index is 1710. The molecule has 5 rings (SSSR count). The van der Waals surface area contributed by atoms with Crippen molar-refractivity contribution in [2.75, 3.05) is 0 Å². The molecular weight excluding hydrogens is 552 g/mol. The van der Waals surface area contributed by atoms with Gasteiger partial charge in [-0.1, -0.05) is 54.1 Å². The molecule has 212 valence electrons. The summed E-state index contributed by atoms with van der Waals surface area (Å²) in [5.41, 5.74) is 2.95. The van der Waals surface area contributed by atoms with E-state index >= 15 is 0 Å². The second kappa shape index (κ2) is 13.1. The van der Waals surface area contributed by atoms with Crippen molar-refractivity contribution in [2.24, 2.45) is 0 Å². The van der Waals surface area contributed by atoms with E-state index in [0.29, 0.717) is 51.7 Å². The van der Waals surface area contributed by atoms with Crippen molar-refractivity contribution in [3.63, 3.8) is 0 Å². The van der Waals surface area contributed by atoms with E-state index in [1.165, 1.54) is 0 Å². The fourth-order valence-corrected chi connectivity index (χ4v) is 4.45. The summed E-state index contributed by atoms with van der Waals surface area (Å²) in [7, 11) is 0. The van der Waals surface area contributed by atoms with Gasteiger partial charge in [-0.3, -0.25) is 4.79 Å². The predicted molar refractivity (Wildman–Crippen MR) is 163 cm³/mol. The molecule has 0 saturated heterocycles. The van der Waals surface area contributed by atoms with Crippen LogP contribution in [0.5, 0.6) is 46.0 Å². The summed E-state index contributed by atoms with van der Waals surface area (Å²) in [4.78, 5) is 10.9. The van der Waals surface area contributed by atoms with E-state index in [-0.39, 0.29) is 6.42 Å². The van der Waals surface area contributed by atoms with Crippen LogP contribution in [0.25, 0.3) is 0 Å². The van der Waals surface area contributed by atoms with Gasteiger partial charge in [0.05, 0.1) is 0 Å². The monoisotopic (exact) mass is 580 g/mol. The molecule has 5 aromatic rings. The second-order valence-electron chi connectivity index (χ2n) is 9.67. The Balaban J connectivity index is 1.34. The summed E-state index contributed by atoms with van der Waals surface area (Å²) < 4.78 is 24.8. The molecule has 0 amide bonds. The molecule has 5 aromatic carbocycles. The molecular formula is C35H29ClO6. The van der Waals surface area contributed by atoms with E-state index < -0.39 is 5.97 Å².